The predicted molar refractivity (Wildman–Crippen MR) is 84.9 cm³/mol. The Labute approximate surface area is 130 Å². The van der Waals surface area contributed by atoms with E-state index in [9.17, 15) is 9.59 Å². The topological polar surface area (TPSA) is 46.6 Å². The van der Waals surface area contributed by atoms with Crippen LogP contribution in [-0.4, -0.2) is 42.2 Å². The molecule has 1 amide bonds. The van der Waals surface area contributed by atoms with Gasteiger partial charge in [0, 0.05) is 25.3 Å². The van der Waals surface area contributed by atoms with Gasteiger partial charge in [-0.2, -0.15) is 0 Å². The van der Waals surface area contributed by atoms with Crippen molar-refractivity contribution >= 4 is 23.6 Å². The molecule has 0 aliphatic carbocycles. The van der Waals surface area contributed by atoms with Crippen LogP contribution in [0.1, 0.15) is 32.6 Å². The molecular weight excluding hydrogens is 286 g/mol. The number of likely N-dealkylation sites (tertiary alicyclic amines) is 1. The first-order chi connectivity index (χ1) is 10.2. The third-order valence-corrected chi connectivity index (χ3v) is 4.72. The Hall–Kier alpha value is -1.23. The van der Waals surface area contributed by atoms with Crippen LogP contribution in [0.3, 0.4) is 0 Å². The Bertz CT molecular complexity index is 445. The molecule has 0 aromatic heterocycles. The number of rotatable bonds is 5. The average Bonchev–Trinajstić information content (AvgIpc) is 2.54. The van der Waals surface area contributed by atoms with Crippen LogP contribution >= 0.6 is 11.8 Å². The van der Waals surface area contributed by atoms with E-state index in [0.29, 0.717) is 19.6 Å². The monoisotopic (exact) mass is 309 g/mol. The molecule has 0 aromatic carbocycles. The summed E-state index contributed by atoms with van der Waals surface area (Å²) in [6.45, 7) is 3.50. The molecule has 21 heavy (non-hydrogen) atoms. The molecule has 4 nitrogen and oxygen atoms in total. The van der Waals surface area contributed by atoms with Crippen LogP contribution in [0.15, 0.2) is 23.1 Å². The van der Waals surface area contributed by atoms with Crippen molar-refractivity contribution in [2.75, 3.05) is 25.4 Å². The Kier molecular flexibility index (Phi) is 6.36. The maximum atomic E-state index is 12.3. The summed E-state index contributed by atoms with van der Waals surface area (Å²) >= 11 is 1.77. The van der Waals surface area contributed by atoms with Crippen molar-refractivity contribution < 1.29 is 14.3 Å². The summed E-state index contributed by atoms with van der Waals surface area (Å²) in [5, 5.41) is 2.07. The minimum absolute atomic E-state index is 0.143. The highest BCUT2D eigenvalue weighted by Crippen LogP contribution is 2.22. The molecule has 0 unspecified atom stereocenters. The van der Waals surface area contributed by atoms with E-state index < -0.39 is 0 Å². The number of piperidine rings is 1. The first-order valence-corrected chi connectivity index (χ1v) is 8.66. The molecule has 5 heteroatoms. The summed E-state index contributed by atoms with van der Waals surface area (Å²) in [6.07, 6.45) is 7.20. The van der Waals surface area contributed by atoms with Crippen LogP contribution < -0.4 is 0 Å². The number of nitrogens with zero attached hydrogens (tertiary/aromatic N) is 1. The minimum atomic E-state index is -0.161. The number of thioether (sulfide) groups is 1. The zero-order valence-electron chi connectivity index (χ0n) is 12.5. The fourth-order valence-electron chi connectivity index (χ4n) is 2.67. The SMILES string of the molecule is CCOC(=O)[C@H]1CCCN(C(=O)CCC2=CC=CSC2)C1. The molecule has 0 radical (unpaired) electrons. The van der Waals surface area contributed by atoms with Gasteiger partial charge in [0.05, 0.1) is 12.5 Å². The first kappa shape index (κ1) is 16.1. The summed E-state index contributed by atoms with van der Waals surface area (Å²) in [5.74, 6) is 0.834. The third kappa shape index (κ3) is 4.92. The Morgan fingerprint density at radius 1 is 1.48 bits per heavy atom. The fourth-order valence-corrected chi connectivity index (χ4v) is 3.41. The molecule has 2 aliphatic heterocycles. The Balaban J connectivity index is 1.80. The molecule has 0 N–H and O–H groups in total. The quantitative estimate of drug-likeness (QED) is 0.733. The molecule has 2 heterocycles. The molecular formula is C16H23NO3S. The van der Waals surface area contributed by atoms with Crippen LogP contribution in [0, 0.1) is 5.92 Å². The van der Waals surface area contributed by atoms with Gasteiger partial charge < -0.3 is 9.64 Å². The van der Waals surface area contributed by atoms with Crippen molar-refractivity contribution in [1.82, 2.24) is 4.90 Å². The zero-order chi connectivity index (χ0) is 15.1. The highest BCUT2D eigenvalue weighted by molar-refractivity contribution is 8.02. The highest BCUT2D eigenvalue weighted by atomic mass is 32.2. The van der Waals surface area contributed by atoms with Gasteiger partial charge in [0.15, 0.2) is 0 Å². The van der Waals surface area contributed by atoms with Gasteiger partial charge in [-0.25, -0.2) is 0 Å². The van der Waals surface area contributed by atoms with E-state index in [-0.39, 0.29) is 17.8 Å². The lowest BCUT2D eigenvalue weighted by Gasteiger charge is -2.31. The minimum Gasteiger partial charge on any atom is -0.466 e. The summed E-state index contributed by atoms with van der Waals surface area (Å²) in [5.41, 5.74) is 1.31. The maximum absolute atomic E-state index is 12.3. The summed E-state index contributed by atoms with van der Waals surface area (Å²) in [4.78, 5) is 25.9. The van der Waals surface area contributed by atoms with E-state index in [1.54, 1.807) is 11.8 Å². The van der Waals surface area contributed by atoms with Gasteiger partial charge in [0.25, 0.3) is 0 Å². The van der Waals surface area contributed by atoms with Gasteiger partial charge in [-0.05, 0) is 31.6 Å². The lowest BCUT2D eigenvalue weighted by Crippen LogP contribution is -2.42. The number of carbonyl (C=O) groups is 2. The predicted octanol–water partition coefficient (Wildman–Crippen LogP) is 2.76. The molecule has 0 saturated carbocycles. The normalized spacial score (nSPS) is 21.9. The second-order valence-electron chi connectivity index (χ2n) is 5.40. The standard InChI is InChI=1S/C16H23NO3S/c1-2-20-16(19)14-6-3-9-17(11-14)15(18)8-7-13-5-4-10-21-12-13/h4-5,10,14H,2-3,6-9,11-12H2,1H3/t14-/m0/s1. The van der Waals surface area contributed by atoms with E-state index in [1.807, 2.05) is 17.9 Å². The maximum Gasteiger partial charge on any atom is 0.310 e. The first-order valence-electron chi connectivity index (χ1n) is 7.61. The molecule has 1 fully saturated rings. The van der Waals surface area contributed by atoms with E-state index in [4.69, 9.17) is 4.74 Å². The van der Waals surface area contributed by atoms with Crippen LogP contribution in [0.4, 0.5) is 0 Å². The van der Waals surface area contributed by atoms with Crippen LogP contribution in [0.25, 0.3) is 0 Å². The lowest BCUT2D eigenvalue weighted by atomic mass is 9.97. The van der Waals surface area contributed by atoms with Gasteiger partial charge in [-0.15, -0.1) is 11.8 Å². The van der Waals surface area contributed by atoms with Crippen molar-refractivity contribution in [3.63, 3.8) is 0 Å². The van der Waals surface area contributed by atoms with Gasteiger partial charge in [-0.1, -0.05) is 17.7 Å². The number of carbonyl (C=O) groups excluding carboxylic acids is 2. The number of hydrogen-bond donors (Lipinski definition) is 0. The van der Waals surface area contributed by atoms with E-state index >= 15 is 0 Å². The second kappa shape index (κ2) is 8.27. The summed E-state index contributed by atoms with van der Waals surface area (Å²) in [7, 11) is 0. The second-order valence-corrected chi connectivity index (χ2v) is 6.29. The number of amides is 1. The van der Waals surface area contributed by atoms with Gasteiger partial charge in [0.2, 0.25) is 5.91 Å². The van der Waals surface area contributed by atoms with Crippen LogP contribution in [0.2, 0.25) is 0 Å². The van der Waals surface area contributed by atoms with E-state index in [2.05, 4.69) is 11.5 Å². The van der Waals surface area contributed by atoms with Gasteiger partial charge in [0.1, 0.15) is 0 Å². The Morgan fingerprint density at radius 2 is 2.33 bits per heavy atom. The third-order valence-electron chi connectivity index (χ3n) is 3.83. The molecule has 2 aliphatic rings. The molecule has 2 rings (SSSR count). The molecule has 1 saturated heterocycles. The molecule has 0 spiro atoms. The van der Waals surface area contributed by atoms with E-state index in [0.717, 1.165) is 31.6 Å². The van der Waals surface area contributed by atoms with Crippen molar-refractivity contribution in [2.24, 2.45) is 5.92 Å². The van der Waals surface area contributed by atoms with Crippen LogP contribution in [-0.2, 0) is 14.3 Å². The van der Waals surface area contributed by atoms with Gasteiger partial charge >= 0.3 is 5.97 Å². The average molecular weight is 309 g/mol. The lowest BCUT2D eigenvalue weighted by molar-refractivity contribution is -0.151. The van der Waals surface area contributed by atoms with Crippen molar-refractivity contribution in [3.05, 3.63) is 23.1 Å². The number of hydrogen-bond acceptors (Lipinski definition) is 4. The highest BCUT2D eigenvalue weighted by Gasteiger charge is 2.29. The smallest absolute Gasteiger partial charge is 0.310 e. The summed E-state index contributed by atoms with van der Waals surface area (Å²) < 4.78 is 5.07. The van der Waals surface area contributed by atoms with Crippen molar-refractivity contribution in [3.8, 4) is 0 Å². The van der Waals surface area contributed by atoms with Gasteiger partial charge in [-0.3, -0.25) is 9.59 Å². The number of esters is 1. The molecule has 116 valence electrons. The molecule has 1 atom stereocenters. The fraction of sp³-hybridized carbons (Fsp3) is 0.625. The summed E-state index contributed by atoms with van der Waals surface area (Å²) in [6, 6.07) is 0. The van der Waals surface area contributed by atoms with Crippen molar-refractivity contribution in [2.45, 2.75) is 32.6 Å². The Morgan fingerprint density at radius 3 is 3.05 bits per heavy atom. The zero-order valence-corrected chi connectivity index (χ0v) is 13.4. The molecule has 0 aromatic rings. The number of allylic oxidation sites excluding steroid dienone is 2. The largest absolute Gasteiger partial charge is 0.466 e. The van der Waals surface area contributed by atoms with Crippen LogP contribution in [0.5, 0.6) is 0 Å². The number of ether oxygens (including phenoxy) is 1. The van der Waals surface area contributed by atoms with E-state index in [1.165, 1.54) is 5.57 Å². The molecule has 0 bridgehead atoms. The van der Waals surface area contributed by atoms with Crippen molar-refractivity contribution in [1.29, 1.82) is 0 Å².